The van der Waals surface area contributed by atoms with Crippen molar-refractivity contribution in [1.29, 1.82) is 0 Å². The number of hydrogen-bond acceptors (Lipinski definition) is 16. The average molecular weight is 1520 g/mol. The maximum absolute atomic E-state index is 12.7. The molecule has 0 amide bonds. The number of phenolic OH excluding ortho intramolecular Hbond substituents is 1. The van der Waals surface area contributed by atoms with Crippen LogP contribution in [0.15, 0.2) is 170 Å². The predicted octanol–water partition coefficient (Wildman–Crippen LogP) is 9.22. The third kappa shape index (κ3) is 21.4. The van der Waals surface area contributed by atoms with Crippen molar-refractivity contribution in [3.63, 3.8) is 0 Å². The second-order valence-electron chi connectivity index (χ2n) is 18.2. The molecule has 0 spiro atoms. The molecular formula is C61H64BrF3O16P4Rb2S. The van der Waals surface area contributed by atoms with E-state index in [2.05, 4.69) is 32.2 Å². The zero-order valence-electron chi connectivity index (χ0n) is 50.7. The van der Waals surface area contributed by atoms with Gasteiger partial charge in [-0.3, -0.25) is 18.3 Å². The second kappa shape index (κ2) is 36.5. The summed E-state index contributed by atoms with van der Waals surface area (Å²) >= 11 is 3.42. The van der Waals surface area contributed by atoms with Crippen molar-refractivity contribution in [3.05, 3.63) is 204 Å². The van der Waals surface area contributed by atoms with Crippen molar-refractivity contribution in [2.75, 3.05) is 56.9 Å². The summed E-state index contributed by atoms with van der Waals surface area (Å²) in [7, 11) is -9.96. The summed E-state index contributed by atoms with van der Waals surface area (Å²) in [4.78, 5) is 0. The Bertz CT molecular complexity index is 3840. The predicted molar refractivity (Wildman–Crippen MR) is 334 cm³/mol. The standard InChI is InChI=1S/C16H16F3O6PS.C15H15BrO3P.C15H17O4P.C15H16O3P.2Rb/c1-11-4-6-12(7-5-11)13-8-9-14(25-27(21,22)16(17,18)19)15(10-13)26(20,23-2)24-3;1-18-20(17,19-2)15-5-3-4-14(10-15)13-8-6-12(11-16)7-9-13;1-11-4-6-12(7-5-11)13-8-9-14(16)15(10-13)20(17,18-2)19-3;1-12-7-9-13(10-8-12)14-5-4-6-15(11-14)19(16,17-2)18-3;;/h4-10H,1-3H3;3-4,6-10H,11H2,1-2H3;4-10,16H,1-3H3;4-5,7-11H,1-3H3;;/q;-1;;-1;2*+1. The molecule has 0 aromatic heterocycles. The molecule has 460 valence electrons. The SMILES string of the molecule is COP(=O)(OC)c1[c-]ccc(-c2ccc(C)cc2)c1.COP(=O)(OC)c1[c-]ccc(-c2ccc(CBr)cc2)c1.COP(=O)(OC)c1cc(-c2ccc(C)cc2)ccc1O.COP(=O)(OC)c1cc(-c2ccc(C)cc2)ccc1OS(=O)(=O)C(F)(F)F.[Rb+].[Rb+]. The maximum atomic E-state index is 12.7. The summed E-state index contributed by atoms with van der Waals surface area (Å²) in [6, 6.07) is 56.4. The molecule has 16 nitrogen and oxygen atoms in total. The molecule has 0 aliphatic rings. The maximum Gasteiger partial charge on any atom is 1.00 e. The van der Waals surface area contributed by atoms with E-state index in [1.807, 2.05) is 106 Å². The first-order valence-corrected chi connectivity index (χ1v) is 34.1. The Balaban J connectivity index is 0.000000307. The molecule has 88 heavy (non-hydrogen) atoms. The summed E-state index contributed by atoms with van der Waals surface area (Å²) in [5.41, 5.74) is 5.83. The van der Waals surface area contributed by atoms with Crippen molar-refractivity contribution in [2.45, 2.75) is 31.6 Å². The van der Waals surface area contributed by atoms with E-state index in [9.17, 15) is 45.0 Å². The quantitative estimate of drug-likeness (QED) is 0.0263. The van der Waals surface area contributed by atoms with Gasteiger partial charge in [-0.25, -0.2) is 0 Å². The van der Waals surface area contributed by atoms with Gasteiger partial charge < -0.3 is 45.5 Å². The smallest absolute Gasteiger partial charge is 0.507 e. The van der Waals surface area contributed by atoms with Gasteiger partial charge in [0.15, 0.2) is 5.75 Å². The Kier molecular flexibility index (Phi) is 33.2. The van der Waals surface area contributed by atoms with Crippen LogP contribution in [0.25, 0.3) is 44.5 Å². The molecule has 0 saturated heterocycles. The molecular weight excluding hydrogens is 1450 g/mol. The molecule has 0 saturated carbocycles. The van der Waals surface area contributed by atoms with E-state index in [4.69, 9.17) is 36.2 Å². The fraction of sp³-hybridized carbons (Fsp3) is 0.213. The van der Waals surface area contributed by atoms with Gasteiger partial charge in [0.25, 0.3) is 0 Å². The van der Waals surface area contributed by atoms with Gasteiger partial charge in [0.05, 0.1) is 0 Å². The number of aryl methyl sites for hydroxylation is 3. The van der Waals surface area contributed by atoms with E-state index in [0.717, 1.165) is 70.1 Å². The van der Waals surface area contributed by atoms with E-state index >= 15 is 0 Å². The monoisotopic (exact) mass is 1510 g/mol. The van der Waals surface area contributed by atoms with Crippen molar-refractivity contribution in [2.24, 2.45) is 0 Å². The van der Waals surface area contributed by atoms with Crippen LogP contribution in [0.4, 0.5) is 13.2 Å². The van der Waals surface area contributed by atoms with E-state index in [-0.39, 0.29) is 127 Å². The van der Waals surface area contributed by atoms with Gasteiger partial charge in [-0.05, 0) is 94.6 Å². The van der Waals surface area contributed by atoms with Gasteiger partial charge >= 0.3 is 162 Å². The Labute approximate surface area is 619 Å². The molecule has 8 rings (SSSR count). The summed E-state index contributed by atoms with van der Waals surface area (Å²) < 4.78 is 154. The molecule has 8 aromatic carbocycles. The van der Waals surface area contributed by atoms with E-state index < -0.39 is 57.1 Å². The molecule has 8 aromatic rings. The molecule has 0 aliphatic heterocycles. The topological polar surface area (TPSA) is 206 Å². The van der Waals surface area contributed by atoms with Crippen LogP contribution < -0.4 is 142 Å². The first-order chi connectivity index (χ1) is 40.6. The van der Waals surface area contributed by atoms with Gasteiger partial charge in [0.1, 0.15) is 16.4 Å². The molecule has 27 heteroatoms. The van der Waals surface area contributed by atoms with Crippen LogP contribution in [-0.2, 0) is 69.9 Å². The molecule has 0 unspecified atom stereocenters. The van der Waals surface area contributed by atoms with Crippen LogP contribution in [0.2, 0.25) is 0 Å². The molecule has 0 aliphatic carbocycles. The molecule has 0 atom stereocenters. The van der Waals surface area contributed by atoms with Gasteiger partial charge in [-0.2, -0.15) is 58.0 Å². The van der Waals surface area contributed by atoms with Crippen molar-refractivity contribution in [3.8, 4) is 56.0 Å². The molecule has 0 radical (unpaired) electrons. The van der Waals surface area contributed by atoms with Gasteiger partial charge in [0, 0.05) is 62.2 Å². The Hall–Kier alpha value is -2.21. The van der Waals surface area contributed by atoms with Gasteiger partial charge in [-0.1, -0.05) is 142 Å². The number of benzene rings is 8. The average Bonchev–Trinajstić information content (AvgIpc) is 3.59. The van der Waals surface area contributed by atoms with E-state index in [1.165, 1.54) is 72.0 Å². The number of alkyl halides is 4. The zero-order valence-corrected chi connectivity index (χ0v) is 66.5. The molecule has 1 N–H and O–H groups in total. The second-order valence-corrected chi connectivity index (χ2v) is 29.1. The van der Waals surface area contributed by atoms with Gasteiger partial charge in [0.2, 0.25) is 0 Å². The van der Waals surface area contributed by atoms with Crippen LogP contribution in [0.5, 0.6) is 11.5 Å². The minimum Gasteiger partial charge on any atom is -0.507 e. The fourth-order valence-corrected chi connectivity index (χ4v) is 13.2. The Morgan fingerprint density at radius 2 is 0.727 bits per heavy atom. The Morgan fingerprint density at radius 3 is 1.06 bits per heavy atom. The van der Waals surface area contributed by atoms with Crippen molar-refractivity contribution < 1.29 is 202 Å². The molecule has 0 bridgehead atoms. The van der Waals surface area contributed by atoms with Gasteiger partial charge in [-0.15, -0.1) is 23.3 Å². The summed E-state index contributed by atoms with van der Waals surface area (Å²) in [6.07, 6.45) is 0. The van der Waals surface area contributed by atoms with Crippen LogP contribution in [0.1, 0.15) is 22.3 Å². The Morgan fingerprint density at radius 1 is 0.432 bits per heavy atom. The fourth-order valence-electron chi connectivity index (χ4n) is 7.76. The first-order valence-electron chi connectivity index (χ1n) is 25.4. The number of phenols is 1. The number of halogens is 4. The van der Waals surface area contributed by atoms with Crippen LogP contribution in [0, 0.1) is 32.9 Å². The van der Waals surface area contributed by atoms with Crippen LogP contribution in [0.3, 0.4) is 0 Å². The van der Waals surface area contributed by atoms with Crippen molar-refractivity contribution in [1.82, 2.24) is 0 Å². The summed E-state index contributed by atoms with van der Waals surface area (Å²) in [5.74, 6) is -0.900. The number of hydrogen-bond donors (Lipinski definition) is 1. The van der Waals surface area contributed by atoms with E-state index in [0.29, 0.717) is 21.7 Å². The largest absolute Gasteiger partial charge is 1.00 e. The van der Waals surface area contributed by atoms with Crippen molar-refractivity contribution >= 4 is 77.6 Å². The van der Waals surface area contributed by atoms with Crippen LogP contribution >= 0.6 is 46.3 Å². The number of aromatic hydroxyl groups is 1. The third-order valence-corrected chi connectivity index (χ3v) is 21.7. The summed E-state index contributed by atoms with van der Waals surface area (Å²) in [5, 5.41) is 11.3. The zero-order chi connectivity index (χ0) is 63.7. The van der Waals surface area contributed by atoms with E-state index in [1.54, 1.807) is 60.7 Å². The number of rotatable bonds is 19. The van der Waals surface area contributed by atoms with Crippen LogP contribution in [-0.4, -0.2) is 75.9 Å². The minimum atomic E-state index is -5.97. The first kappa shape index (κ1) is 80.0. The molecule has 0 fully saturated rings. The summed E-state index contributed by atoms with van der Waals surface area (Å²) in [6.45, 7) is 5.92. The normalized spacial score (nSPS) is 11.7. The molecule has 0 heterocycles. The minimum absolute atomic E-state index is 0. The third-order valence-electron chi connectivity index (χ3n) is 12.7.